The summed E-state index contributed by atoms with van der Waals surface area (Å²) in [5.74, 6) is 0.296. The molecule has 0 spiro atoms. The van der Waals surface area contributed by atoms with E-state index in [-0.39, 0.29) is 0 Å². The largest absolute Gasteiger partial charge is 0.508 e. The van der Waals surface area contributed by atoms with Crippen molar-refractivity contribution in [2.75, 3.05) is 18.0 Å². The molecule has 0 saturated carbocycles. The Labute approximate surface area is 90.0 Å². The number of hydrogen-bond donors (Lipinski definition) is 2. The molecule has 0 aromatic heterocycles. The fourth-order valence-corrected chi connectivity index (χ4v) is 1.94. The number of nitrogens with zero attached hydrogens (tertiary/aromatic N) is 1. The van der Waals surface area contributed by atoms with Crippen molar-refractivity contribution in [2.24, 2.45) is 0 Å². The molecule has 1 fully saturated rings. The van der Waals surface area contributed by atoms with Gasteiger partial charge in [0.25, 0.3) is 0 Å². The summed E-state index contributed by atoms with van der Waals surface area (Å²) >= 11 is 0. The SMILES string of the molecule is CC1(O)CCN(c2cccc(O)c2)CC1. The molecule has 0 atom stereocenters. The van der Waals surface area contributed by atoms with Gasteiger partial charge in [0.1, 0.15) is 5.75 Å². The molecule has 1 saturated heterocycles. The van der Waals surface area contributed by atoms with Gasteiger partial charge in [0.05, 0.1) is 5.60 Å². The third kappa shape index (κ3) is 2.42. The number of phenols is 1. The molecule has 0 bridgehead atoms. The Morgan fingerprint density at radius 1 is 1.27 bits per heavy atom. The summed E-state index contributed by atoms with van der Waals surface area (Å²) in [7, 11) is 0. The third-order valence-corrected chi connectivity index (χ3v) is 3.04. The van der Waals surface area contributed by atoms with E-state index in [0.29, 0.717) is 5.75 Å². The van der Waals surface area contributed by atoms with Crippen LogP contribution in [0.25, 0.3) is 0 Å². The minimum atomic E-state index is -0.521. The molecule has 3 heteroatoms. The van der Waals surface area contributed by atoms with Crippen LogP contribution in [0, 0.1) is 0 Å². The predicted octanol–water partition coefficient (Wildman–Crippen LogP) is 1.74. The first-order valence-electron chi connectivity index (χ1n) is 5.33. The van der Waals surface area contributed by atoms with Crippen LogP contribution in [-0.4, -0.2) is 28.9 Å². The van der Waals surface area contributed by atoms with Crippen LogP contribution in [0.1, 0.15) is 19.8 Å². The zero-order valence-corrected chi connectivity index (χ0v) is 8.98. The highest BCUT2D eigenvalue weighted by molar-refractivity contribution is 5.50. The van der Waals surface area contributed by atoms with Crippen molar-refractivity contribution in [3.8, 4) is 5.75 Å². The molecule has 0 amide bonds. The maximum atomic E-state index is 9.82. The molecule has 2 N–H and O–H groups in total. The van der Waals surface area contributed by atoms with Gasteiger partial charge in [-0.25, -0.2) is 0 Å². The maximum Gasteiger partial charge on any atom is 0.117 e. The van der Waals surface area contributed by atoms with Crippen LogP contribution in [-0.2, 0) is 0 Å². The van der Waals surface area contributed by atoms with E-state index in [0.717, 1.165) is 31.6 Å². The molecule has 2 rings (SSSR count). The molecule has 1 aliphatic rings. The normalized spacial score (nSPS) is 20.3. The van der Waals surface area contributed by atoms with E-state index in [1.54, 1.807) is 12.1 Å². The number of phenolic OH excluding ortho intramolecular Hbond substituents is 1. The van der Waals surface area contributed by atoms with Gasteiger partial charge in [-0.1, -0.05) is 6.07 Å². The summed E-state index contributed by atoms with van der Waals surface area (Å²) < 4.78 is 0. The van der Waals surface area contributed by atoms with Gasteiger partial charge in [0, 0.05) is 24.8 Å². The van der Waals surface area contributed by atoms with Crippen molar-refractivity contribution in [3.63, 3.8) is 0 Å². The molecule has 15 heavy (non-hydrogen) atoms. The molecule has 0 aliphatic carbocycles. The molecule has 1 aromatic carbocycles. The van der Waals surface area contributed by atoms with Crippen LogP contribution in [0.15, 0.2) is 24.3 Å². The Morgan fingerprint density at radius 2 is 1.93 bits per heavy atom. The van der Waals surface area contributed by atoms with Gasteiger partial charge in [-0.15, -0.1) is 0 Å². The summed E-state index contributed by atoms with van der Waals surface area (Å²) in [6.45, 7) is 3.57. The number of hydrogen-bond acceptors (Lipinski definition) is 3. The van der Waals surface area contributed by atoms with Crippen LogP contribution < -0.4 is 4.90 Å². The summed E-state index contributed by atoms with van der Waals surface area (Å²) in [6, 6.07) is 7.26. The molecular formula is C12H17NO2. The number of piperidine rings is 1. The number of anilines is 1. The smallest absolute Gasteiger partial charge is 0.117 e. The Hall–Kier alpha value is -1.22. The van der Waals surface area contributed by atoms with E-state index >= 15 is 0 Å². The van der Waals surface area contributed by atoms with E-state index in [9.17, 15) is 10.2 Å². The average molecular weight is 207 g/mol. The van der Waals surface area contributed by atoms with Gasteiger partial charge in [-0.05, 0) is 31.9 Å². The second kappa shape index (κ2) is 3.74. The van der Waals surface area contributed by atoms with Gasteiger partial charge in [0.2, 0.25) is 0 Å². The van der Waals surface area contributed by atoms with E-state index < -0.39 is 5.60 Å². The van der Waals surface area contributed by atoms with E-state index in [1.807, 2.05) is 19.1 Å². The Bertz CT molecular complexity index is 339. The summed E-state index contributed by atoms with van der Waals surface area (Å²) in [4.78, 5) is 2.19. The molecule has 1 heterocycles. The molecule has 1 aromatic rings. The number of benzene rings is 1. The maximum absolute atomic E-state index is 9.82. The molecule has 1 aliphatic heterocycles. The van der Waals surface area contributed by atoms with E-state index in [1.165, 1.54) is 0 Å². The van der Waals surface area contributed by atoms with Crippen LogP contribution >= 0.6 is 0 Å². The van der Waals surface area contributed by atoms with Crippen molar-refractivity contribution < 1.29 is 10.2 Å². The van der Waals surface area contributed by atoms with Crippen molar-refractivity contribution >= 4 is 5.69 Å². The van der Waals surface area contributed by atoms with Gasteiger partial charge in [-0.2, -0.15) is 0 Å². The van der Waals surface area contributed by atoms with Crippen LogP contribution in [0.4, 0.5) is 5.69 Å². The zero-order chi connectivity index (χ0) is 10.9. The van der Waals surface area contributed by atoms with Crippen molar-refractivity contribution in [3.05, 3.63) is 24.3 Å². The highest BCUT2D eigenvalue weighted by Crippen LogP contribution is 2.27. The van der Waals surface area contributed by atoms with Crippen LogP contribution in [0.3, 0.4) is 0 Å². The minimum absolute atomic E-state index is 0.296. The fraction of sp³-hybridized carbons (Fsp3) is 0.500. The van der Waals surface area contributed by atoms with Crippen molar-refractivity contribution in [2.45, 2.75) is 25.4 Å². The first kappa shape index (κ1) is 10.3. The number of rotatable bonds is 1. The lowest BCUT2D eigenvalue weighted by Crippen LogP contribution is -2.42. The number of aliphatic hydroxyl groups is 1. The Morgan fingerprint density at radius 3 is 2.53 bits per heavy atom. The van der Waals surface area contributed by atoms with E-state index in [2.05, 4.69) is 4.90 Å². The predicted molar refractivity (Wildman–Crippen MR) is 60.2 cm³/mol. The van der Waals surface area contributed by atoms with Gasteiger partial charge in [-0.3, -0.25) is 0 Å². The lowest BCUT2D eigenvalue weighted by Gasteiger charge is -2.37. The highest BCUT2D eigenvalue weighted by Gasteiger charge is 2.27. The van der Waals surface area contributed by atoms with Gasteiger partial charge in [0.15, 0.2) is 0 Å². The van der Waals surface area contributed by atoms with E-state index in [4.69, 9.17) is 0 Å². The third-order valence-electron chi connectivity index (χ3n) is 3.04. The average Bonchev–Trinajstić information content (AvgIpc) is 2.17. The lowest BCUT2D eigenvalue weighted by molar-refractivity contribution is 0.0351. The Kier molecular flexibility index (Phi) is 2.57. The number of aromatic hydroxyl groups is 1. The van der Waals surface area contributed by atoms with Gasteiger partial charge < -0.3 is 15.1 Å². The van der Waals surface area contributed by atoms with Crippen molar-refractivity contribution in [1.29, 1.82) is 0 Å². The summed E-state index contributed by atoms with van der Waals surface area (Å²) in [5, 5.41) is 19.2. The standard InChI is InChI=1S/C12H17NO2/c1-12(15)5-7-13(8-6-12)10-3-2-4-11(14)9-10/h2-4,9,14-15H,5-8H2,1H3. The topological polar surface area (TPSA) is 43.7 Å². The highest BCUT2D eigenvalue weighted by atomic mass is 16.3. The quantitative estimate of drug-likeness (QED) is 0.737. The van der Waals surface area contributed by atoms with Gasteiger partial charge >= 0.3 is 0 Å². The fourth-order valence-electron chi connectivity index (χ4n) is 1.94. The van der Waals surface area contributed by atoms with Crippen molar-refractivity contribution in [1.82, 2.24) is 0 Å². The lowest BCUT2D eigenvalue weighted by atomic mass is 9.93. The molecular weight excluding hydrogens is 190 g/mol. The molecule has 0 unspecified atom stereocenters. The first-order valence-corrected chi connectivity index (χ1v) is 5.33. The minimum Gasteiger partial charge on any atom is -0.508 e. The molecule has 0 radical (unpaired) electrons. The molecule has 3 nitrogen and oxygen atoms in total. The second-order valence-electron chi connectivity index (χ2n) is 4.50. The first-order chi connectivity index (χ1) is 7.07. The Balaban J connectivity index is 2.08. The van der Waals surface area contributed by atoms with Crippen LogP contribution in [0.5, 0.6) is 5.75 Å². The second-order valence-corrected chi connectivity index (χ2v) is 4.50. The monoisotopic (exact) mass is 207 g/mol. The molecule has 82 valence electrons. The van der Waals surface area contributed by atoms with Crippen LogP contribution in [0.2, 0.25) is 0 Å². The zero-order valence-electron chi connectivity index (χ0n) is 8.98. The summed E-state index contributed by atoms with van der Waals surface area (Å²) in [6.07, 6.45) is 1.56. The summed E-state index contributed by atoms with van der Waals surface area (Å²) in [5.41, 5.74) is 0.512.